The maximum atomic E-state index is 11.8. The molecule has 0 aliphatic carbocycles. The maximum Gasteiger partial charge on any atom is 0.326 e. The molecule has 0 aliphatic heterocycles. The van der Waals surface area contributed by atoms with E-state index in [0.29, 0.717) is 12.1 Å². The number of carboxylic acids is 1. The van der Waals surface area contributed by atoms with Crippen molar-refractivity contribution in [3.63, 3.8) is 0 Å². The summed E-state index contributed by atoms with van der Waals surface area (Å²) in [7, 11) is 1.52. The Bertz CT molecular complexity index is 430. The van der Waals surface area contributed by atoms with E-state index in [-0.39, 0.29) is 5.75 Å². The van der Waals surface area contributed by atoms with E-state index in [9.17, 15) is 9.59 Å². The summed E-state index contributed by atoms with van der Waals surface area (Å²) in [5, 5.41) is 20.4. The van der Waals surface area contributed by atoms with Crippen molar-refractivity contribution in [2.45, 2.75) is 19.4 Å². The van der Waals surface area contributed by atoms with Crippen molar-refractivity contribution >= 4 is 17.7 Å². The number of carbonyl (C=O) groups is 2. The number of carbonyl (C=O) groups excluding carboxylic acids is 1. The van der Waals surface area contributed by atoms with E-state index >= 15 is 0 Å². The molecule has 0 saturated heterocycles. The average molecular weight is 252 g/mol. The summed E-state index contributed by atoms with van der Waals surface area (Å²) < 4.78 is 0. The van der Waals surface area contributed by atoms with E-state index < -0.39 is 18.0 Å². The molecule has 98 valence electrons. The van der Waals surface area contributed by atoms with Crippen molar-refractivity contribution in [3.8, 4) is 5.75 Å². The lowest BCUT2D eigenvalue weighted by atomic mass is 10.2. The molecule has 2 amide bonds. The zero-order valence-corrected chi connectivity index (χ0v) is 10.3. The van der Waals surface area contributed by atoms with Crippen molar-refractivity contribution in [2.24, 2.45) is 0 Å². The molecule has 18 heavy (non-hydrogen) atoms. The average Bonchev–Trinajstić information content (AvgIpc) is 2.35. The minimum absolute atomic E-state index is 0.101. The standard InChI is InChI=1S/C12H16N2O4/c1-3-10(11(16)17)13-12(18)14(2)8-4-6-9(15)7-5-8/h4-7,10,15H,3H2,1-2H3,(H,13,18)(H,16,17)/t10-/m0/s1. The van der Waals surface area contributed by atoms with Crippen LogP contribution >= 0.6 is 0 Å². The van der Waals surface area contributed by atoms with Gasteiger partial charge >= 0.3 is 12.0 Å². The Balaban J connectivity index is 2.72. The Morgan fingerprint density at radius 3 is 2.33 bits per heavy atom. The minimum Gasteiger partial charge on any atom is -0.508 e. The van der Waals surface area contributed by atoms with Gasteiger partial charge in [-0.2, -0.15) is 0 Å². The second-order valence-electron chi connectivity index (χ2n) is 3.82. The second-order valence-corrected chi connectivity index (χ2v) is 3.82. The summed E-state index contributed by atoms with van der Waals surface area (Å²) >= 11 is 0. The van der Waals surface area contributed by atoms with Gasteiger partial charge in [-0.3, -0.25) is 4.90 Å². The molecule has 0 aliphatic rings. The van der Waals surface area contributed by atoms with Gasteiger partial charge in [0.1, 0.15) is 11.8 Å². The largest absolute Gasteiger partial charge is 0.508 e. The third-order valence-electron chi connectivity index (χ3n) is 2.55. The highest BCUT2D eigenvalue weighted by Gasteiger charge is 2.20. The number of nitrogens with one attached hydrogen (secondary N) is 1. The molecule has 0 radical (unpaired) electrons. The van der Waals surface area contributed by atoms with Crippen LogP contribution in [0.4, 0.5) is 10.5 Å². The second kappa shape index (κ2) is 5.90. The number of hydrogen-bond acceptors (Lipinski definition) is 3. The van der Waals surface area contributed by atoms with E-state index in [1.54, 1.807) is 19.1 Å². The highest BCUT2D eigenvalue weighted by Crippen LogP contribution is 2.17. The fraction of sp³-hybridized carbons (Fsp3) is 0.333. The number of aromatic hydroxyl groups is 1. The Labute approximate surface area is 105 Å². The van der Waals surface area contributed by atoms with E-state index in [0.717, 1.165) is 0 Å². The summed E-state index contributed by atoms with van der Waals surface area (Å²) in [6, 6.07) is 4.63. The first-order valence-corrected chi connectivity index (χ1v) is 5.51. The van der Waals surface area contributed by atoms with Crippen molar-refractivity contribution in [1.82, 2.24) is 5.32 Å². The van der Waals surface area contributed by atoms with Crippen LogP contribution < -0.4 is 10.2 Å². The third kappa shape index (κ3) is 3.38. The summed E-state index contributed by atoms with van der Waals surface area (Å²) in [4.78, 5) is 23.9. The topological polar surface area (TPSA) is 89.9 Å². The summed E-state index contributed by atoms with van der Waals surface area (Å²) in [6.45, 7) is 1.68. The Hall–Kier alpha value is -2.24. The molecule has 1 atom stereocenters. The van der Waals surface area contributed by atoms with Crippen LogP contribution in [0.3, 0.4) is 0 Å². The summed E-state index contributed by atoms with van der Waals surface area (Å²) in [5.74, 6) is -0.963. The molecule has 3 N–H and O–H groups in total. The normalized spacial score (nSPS) is 11.7. The summed E-state index contributed by atoms with van der Waals surface area (Å²) in [6.07, 6.45) is 0.310. The van der Waals surface area contributed by atoms with Crippen LogP contribution in [0, 0.1) is 0 Å². The van der Waals surface area contributed by atoms with Gasteiger partial charge in [-0.25, -0.2) is 9.59 Å². The van der Waals surface area contributed by atoms with Gasteiger partial charge in [-0.15, -0.1) is 0 Å². The van der Waals surface area contributed by atoms with Gasteiger partial charge in [0.25, 0.3) is 0 Å². The Morgan fingerprint density at radius 1 is 1.33 bits per heavy atom. The molecule has 1 rings (SSSR count). The van der Waals surface area contributed by atoms with Crippen molar-refractivity contribution < 1.29 is 19.8 Å². The van der Waals surface area contributed by atoms with Crippen molar-refractivity contribution in [1.29, 1.82) is 0 Å². The fourth-order valence-electron chi connectivity index (χ4n) is 1.38. The predicted octanol–water partition coefficient (Wildman–Crippen LogP) is 1.40. The van der Waals surface area contributed by atoms with Crippen LogP contribution in [0.25, 0.3) is 0 Å². The van der Waals surface area contributed by atoms with Gasteiger partial charge in [0, 0.05) is 12.7 Å². The molecule has 0 bridgehead atoms. The molecule has 6 heteroatoms. The Kier molecular flexibility index (Phi) is 4.53. The summed E-state index contributed by atoms with van der Waals surface area (Å²) in [5.41, 5.74) is 0.561. The molecule has 1 aromatic carbocycles. The van der Waals surface area contributed by atoms with Gasteiger partial charge in [0.15, 0.2) is 0 Å². The van der Waals surface area contributed by atoms with E-state index in [1.807, 2.05) is 0 Å². The predicted molar refractivity (Wildman–Crippen MR) is 66.8 cm³/mol. The third-order valence-corrected chi connectivity index (χ3v) is 2.55. The number of hydrogen-bond donors (Lipinski definition) is 3. The molecule has 0 fully saturated rings. The molecule has 0 spiro atoms. The highest BCUT2D eigenvalue weighted by atomic mass is 16.4. The number of phenols is 1. The molecule has 6 nitrogen and oxygen atoms in total. The number of urea groups is 1. The quantitative estimate of drug-likeness (QED) is 0.755. The zero-order valence-electron chi connectivity index (χ0n) is 10.3. The zero-order chi connectivity index (χ0) is 13.7. The lowest BCUT2D eigenvalue weighted by Crippen LogP contribution is -2.46. The van der Waals surface area contributed by atoms with E-state index in [4.69, 9.17) is 10.2 Å². The number of phenolic OH excluding ortho intramolecular Hbond substituents is 1. The molecular formula is C12H16N2O4. The molecule has 0 heterocycles. The first-order chi connectivity index (χ1) is 8.45. The first-order valence-electron chi connectivity index (χ1n) is 5.51. The van der Waals surface area contributed by atoms with Gasteiger partial charge in [-0.05, 0) is 30.7 Å². The van der Waals surface area contributed by atoms with Gasteiger partial charge < -0.3 is 15.5 Å². The van der Waals surface area contributed by atoms with E-state index in [2.05, 4.69) is 5.32 Å². The van der Waals surface area contributed by atoms with Crippen molar-refractivity contribution in [3.05, 3.63) is 24.3 Å². The monoisotopic (exact) mass is 252 g/mol. The first kappa shape index (κ1) is 13.8. The van der Waals surface area contributed by atoms with Crippen LogP contribution in [0.1, 0.15) is 13.3 Å². The minimum atomic E-state index is -1.06. The molecule has 0 unspecified atom stereocenters. The van der Waals surface area contributed by atoms with Crippen LogP contribution in [-0.4, -0.2) is 35.3 Å². The molecule has 1 aromatic rings. The van der Waals surface area contributed by atoms with Crippen LogP contribution in [-0.2, 0) is 4.79 Å². The lowest BCUT2D eigenvalue weighted by Gasteiger charge is -2.20. The number of carboxylic acid groups (broad SMARTS) is 1. The number of amides is 2. The lowest BCUT2D eigenvalue weighted by molar-refractivity contribution is -0.139. The number of rotatable bonds is 4. The molecular weight excluding hydrogens is 236 g/mol. The van der Waals surface area contributed by atoms with Crippen LogP contribution in [0.5, 0.6) is 5.75 Å². The number of nitrogens with zero attached hydrogens (tertiary/aromatic N) is 1. The van der Waals surface area contributed by atoms with Crippen LogP contribution in [0.2, 0.25) is 0 Å². The van der Waals surface area contributed by atoms with Crippen molar-refractivity contribution in [2.75, 3.05) is 11.9 Å². The fourth-order valence-corrected chi connectivity index (χ4v) is 1.38. The van der Waals surface area contributed by atoms with Crippen LogP contribution in [0.15, 0.2) is 24.3 Å². The number of anilines is 1. The number of aliphatic carboxylic acids is 1. The number of benzene rings is 1. The molecule has 0 saturated carbocycles. The van der Waals surface area contributed by atoms with Gasteiger partial charge in [-0.1, -0.05) is 6.92 Å². The smallest absolute Gasteiger partial charge is 0.326 e. The molecule has 0 aromatic heterocycles. The maximum absolute atomic E-state index is 11.8. The van der Waals surface area contributed by atoms with E-state index in [1.165, 1.54) is 24.1 Å². The Morgan fingerprint density at radius 2 is 1.89 bits per heavy atom. The van der Waals surface area contributed by atoms with Gasteiger partial charge in [0.05, 0.1) is 0 Å². The van der Waals surface area contributed by atoms with Gasteiger partial charge in [0.2, 0.25) is 0 Å². The SMILES string of the molecule is CC[C@H](NC(=O)N(C)c1ccc(O)cc1)C(=O)O. The highest BCUT2D eigenvalue weighted by molar-refractivity contribution is 5.93.